The Kier molecular flexibility index (Phi) is 8.24. The van der Waals surface area contributed by atoms with E-state index in [2.05, 4.69) is 228 Å². The van der Waals surface area contributed by atoms with Crippen molar-refractivity contribution in [1.82, 2.24) is 0 Å². The number of para-hydroxylation sites is 1. The Bertz CT molecular complexity index is 2590. The maximum absolute atomic E-state index is 2.34. The predicted molar refractivity (Wildman–Crippen MR) is 222 cm³/mol. The number of nitrogens with zero attached hydrogens (tertiary/aromatic N) is 2. The van der Waals surface area contributed by atoms with Crippen LogP contribution in [0.2, 0.25) is 0 Å². The fourth-order valence-electron chi connectivity index (χ4n) is 7.14. The van der Waals surface area contributed by atoms with Gasteiger partial charge in [-0.05, 0) is 117 Å². The first kappa shape index (κ1) is 31.1. The average Bonchev–Trinajstić information content (AvgIpc) is 3.22. The second-order valence-electron chi connectivity index (χ2n) is 13.1. The van der Waals surface area contributed by atoms with Crippen molar-refractivity contribution in [3.05, 3.63) is 218 Å². The molecule has 0 atom stereocenters. The van der Waals surface area contributed by atoms with E-state index in [1.807, 2.05) is 0 Å². The largest absolute Gasteiger partial charge is 0.310 e. The molecule has 0 heterocycles. The third-order valence-corrected chi connectivity index (χ3v) is 9.81. The molecular formula is C50H36N2. The summed E-state index contributed by atoms with van der Waals surface area (Å²) in [5.74, 6) is 0. The van der Waals surface area contributed by atoms with Crippen LogP contribution in [0.15, 0.2) is 218 Å². The van der Waals surface area contributed by atoms with Crippen molar-refractivity contribution >= 4 is 55.7 Å². The number of hydrogen-bond donors (Lipinski definition) is 0. The van der Waals surface area contributed by atoms with Crippen LogP contribution in [0.5, 0.6) is 0 Å². The topological polar surface area (TPSA) is 6.48 Å². The van der Waals surface area contributed by atoms with Gasteiger partial charge < -0.3 is 9.80 Å². The van der Waals surface area contributed by atoms with Crippen LogP contribution in [0.3, 0.4) is 0 Å². The molecule has 0 aromatic heterocycles. The van der Waals surface area contributed by atoms with Crippen molar-refractivity contribution in [2.45, 2.75) is 0 Å². The summed E-state index contributed by atoms with van der Waals surface area (Å²) in [5.41, 5.74) is 11.5. The van der Waals surface area contributed by atoms with Crippen LogP contribution in [0, 0.1) is 0 Å². The fourth-order valence-corrected chi connectivity index (χ4v) is 7.14. The minimum Gasteiger partial charge on any atom is -0.310 e. The molecular weight excluding hydrogens is 629 g/mol. The highest BCUT2D eigenvalue weighted by molar-refractivity contribution is 5.91. The molecule has 0 fully saturated rings. The minimum atomic E-state index is 1.11. The second-order valence-corrected chi connectivity index (χ2v) is 13.1. The molecule has 9 aromatic carbocycles. The molecule has 0 unspecified atom stereocenters. The number of anilines is 6. The van der Waals surface area contributed by atoms with Crippen LogP contribution >= 0.6 is 0 Å². The summed E-state index contributed by atoms with van der Waals surface area (Å²) < 4.78 is 0. The summed E-state index contributed by atoms with van der Waals surface area (Å²) in [5, 5.41) is 4.91. The van der Waals surface area contributed by atoms with Crippen molar-refractivity contribution < 1.29 is 0 Å². The van der Waals surface area contributed by atoms with E-state index in [-0.39, 0.29) is 0 Å². The van der Waals surface area contributed by atoms with Crippen molar-refractivity contribution in [2.75, 3.05) is 9.80 Å². The van der Waals surface area contributed by atoms with Crippen LogP contribution in [0.25, 0.3) is 43.8 Å². The van der Waals surface area contributed by atoms with E-state index in [1.165, 1.54) is 43.8 Å². The highest BCUT2D eigenvalue weighted by Crippen LogP contribution is 2.40. The molecule has 0 saturated heterocycles. The Balaban J connectivity index is 1.05. The number of hydrogen-bond acceptors (Lipinski definition) is 2. The van der Waals surface area contributed by atoms with E-state index in [1.54, 1.807) is 0 Å². The van der Waals surface area contributed by atoms with Crippen molar-refractivity contribution in [2.24, 2.45) is 0 Å². The Hall–Kier alpha value is -6.90. The lowest BCUT2D eigenvalue weighted by Crippen LogP contribution is -2.10. The molecule has 0 aliphatic carbocycles. The number of fused-ring (bicyclic) bond motifs is 2. The predicted octanol–water partition coefficient (Wildman–Crippen LogP) is 14.3. The average molecular weight is 665 g/mol. The monoisotopic (exact) mass is 664 g/mol. The van der Waals surface area contributed by atoms with E-state index < -0.39 is 0 Å². The van der Waals surface area contributed by atoms with Gasteiger partial charge in [0, 0.05) is 34.1 Å². The van der Waals surface area contributed by atoms with Gasteiger partial charge in [-0.25, -0.2) is 0 Å². The third kappa shape index (κ3) is 6.19. The zero-order valence-electron chi connectivity index (χ0n) is 28.7. The van der Waals surface area contributed by atoms with Gasteiger partial charge in [0.15, 0.2) is 0 Å². The Morgan fingerprint density at radius 2 is 0.481 bits per heavy atom. The number of benzene rings is 9. The second kappa shape index (κ2) is 13.8. The van der Waals surface area contributed by atoms with Crippen molar-refractivity contribution in [3.8, 4) is 22.3 Å². The lowest BCUT2D eigenvalue weighted by molar-refractivity contribution is 1.28. The summed E-state index contributed by atoms with van der Waals surface area (Å²) >= 11 is 0. The summed E-state index contributed by atoms with van der Waals surface area (Å²) in [7, 11) is 0. The summed E-state index contributed by atoms with van der Waals surface area (Å²) in [4.78, 5) is 4.67. The molecule has 9 rings (SSSR count). The van der Waals surface area contributed by atoms with Crippen molar-refractivity contribution in [3.63, 3.8) is 0 Å². The van der Waals surface area contributed by atoms with Crippen LogP contribution in [0.4, 0.5) is 34.1 Å². The molecule has 52 heavy (non-hydrogen) atoms. The van der Waals surface area contributed by atoms with Crippen molar-refractivity contribution in [1.29, 1.82) is 0 Å². The fraction of sp³-hybridized carbons (Fsp3) is 0. The van der Waals surface area contributed by atoms with Gasteiger partial charge in [0.25, 0.3) is 0 Å². The molecule has 2 nitrogen and oxygen atoms in total. The minimum absolute atomic E-state index is 1.11. The molecule has 0 aliphatic rings. The smallest absolute Gasteiger partial charge is 0.0468 e. The summed E-state index contributed by atoms with van der Waals surface area (Å²) in [6, 6.07) is 78.3. The molecule has 0 aliphatic heterocycles. The molecule has 2 heteroatoms. The van der Waals surface area contributed by atoms with Gasteiger partial charge in [-0.1, -0.05) is 146 Å². The quantitative estimate of drug-likeness (QED) is 0.159. The van der Waals surface area contributed by atoms with Gasteiger partial charge in [0.2, 0.25) is 0 Å². The van der Waals surface area contributed by atoms with E-state index in [0.29, 0.717) is 0 Å². The molecule has 246 valence electrons. The zero-order valence-corrected chi connectivity index (χ0v) is 28.7. The SMILES string of the molecule is c1ccc(-c2ccc(N(c3ccc(-c4ccc(N(c5ccccc5)c5ccc6ccccc6c5)cc4)cc3)c3ccc4ccccc4c3)cc2)cc1. The molecule has 0 N–H and O–H groups in total. The van der Waals surface area contributed by atoms with E-state index in [9.17, 15) is 0 Å². The standard InChI is InChI=1S/C50H36N2/c1-3-11-37(12-4-1)40-19-27-47(28-20-40)52(50-34-26-39-14-8-10-16-44(39)36-50)48-31-23-42(24-32-48)41-21-29-46(30-22-41)51(45-17-5-2-6-18-45)49-33-25-38-13-7-9-15-43(38)35-49/h1-36H. The van der Waals surface area contributed by atoms with E-state index >= 15 is 0 Å². The van der Waals surface area contributed by atoms with Gasteiger partial charge in [-0.2, -0.15) is 0 Å². The lowest BCUT2D eigenvalue weighted by atomic mass is 10.0. The molecule has 0 spiro atoms. The Morgan fingerprint density at radius 1 is 0.192 bits per heavy atom. The van der Waals surface area contributed by atoms with E-state index in [4.69, 9.17) is 0 Å². The van der Waals surface area contributed by atoms with Crippen LogP contribution in [-0.4, -0.2) is 0 Å². The maximum Gasteiger partial charge on any atom is 0.0468 e. The normalized spacial score (nSPS) is 11.1. The molecule has 0 amide bonds. The highest BCUT2D eigenvalue weighted by atomic mass is 15.1. The molecule has 0 saturated carbocycles. The first-order chi connectivity index (χ1) is 25.8. The first-order valence-corrected chi connectivity index (χ1v) is 17.8. The third-order valence-electron chi connectivity index (χ3n) is 9.81. The lowest BCUT2D eigenvalue weighted by Gasteiger charge is -2.27. The van der Waals surface area contributed by atoms with Crippen LogP contribution in [-0.2, 0) is 0 Å². The van der Waals surface area contributed by atoms with Gasteiger partial charge in [0.1, 0.15) is 0 Å². The zero-order chi connectivity index (χ0) is 34.7. The Labute approximate surface area is 305 Å². The maximum atomic E-state index is 2.34. The van der Waals surface area contributed by atoms with Gasteiger partial charge in [0.05, 0.1) is 0 Å². The van der Waals surface area contributed by atoms with Gasteiger partial charge in [-0.15, -0.1) is 0 Å². The van der Waals surface area contributed by atoms with Gasteiger partial charge in [-0.3, -0.25) is 0 Å². The van der Waals surface area contributed by atoms with Gasteiger partial charge >= 0.3 is 0 Å². The summed E-state index contributed by atoms with van der Waals surface area (Å²) in [6.07, 6.45) is 0. The molecule has 0 bridgehead atoms. The molecule has 0 radical (unpaired) electrons. The highest BCUT2D eigenvalue weighted by Gasteiger charge is 2.16. The summed E-state index contributed by atoms with van der Waals surface area (Å²) in [6.45, 7) is 0. The van der Waals surface area contributed by atoms with Crippen LogP contribution in [0.1, 0.15) is 0 Å². The van der Waals surface area contributed by atoms with E-state index in [0.717, 1.165) is 34.1 Å². The first-order valence-electron chi connectivity index (χ1n) is 17.8. The molecule has 9 aromatic rings. The number of rotatable bonds is 8. The van der Waals surface area contributed by atoms with Crippen LogP contribution < -0.4 is 9.80 Å². The Morgan fingerprint density at radius 3 is 0.885 bits per heavy atom.